The summed E-state index contributed by atoms with van der Waals surface area (Å²) in [5.41, 5.74) is 7.86. The fourth-order valence-corrected chi connectivity index (χ4v) is 6.34. The molecule has 1 unspecified atom stereocenters. The monoisotopic (exact) mass is 791 g/mol. The van der Waals surface area contributed by atoms with Crippen LogP contribution >= 0.6 is 7.82 Å². The number of aryl methyl sites for hydroxylation is 2. The first-order valence-corrected chi connectivity index (χ1v) is 21.9. The Hall–Kier alpha value is -3.08. The lowest BCUT2D eigenvalue weighted by molar-refractivity contribution is -0.161. The van der Waals surface area contributed by atoms with E-state index in [1.807, 2.05) is 12.2 Å². The van der Waals surface area contributed by atoms with Gasteiger partial charge in [0.2, 0.25) is 0 Å². The summed E-state index contributed by atoms with van der Waals surface area (Å²) in [5.74, 6) is 0.961. The van der Waals surface area contributed by atoms with E-state index < -0.39 is 32.5 Å². The lowest BCUT2D eigenvalue weighted by Crippen LogP contribution is -2.29. The first-order valence-electron chi connectivity index (χ1n) is 20.4. The van der Waals surface area contributed by atoms with Gasteiger partial charge in [0.25, 0.3) is 0 Å². The maximum atomic E-state index is 12.6. The van der Waals surface area contributed by atoms with E-state index in [9.17, 15) is 23.8 Å². The van der Waals surface area contributed by atoms with Gasteiger partial charge in [-0.25, -0.2) is 4.57 Å². The highest BCUT2D eigenvalue weighted by Gasteiger charge is 2.26. The highest BCUT2D eigenvalue weighted by Crippen LogP contribution is 2.43. The topological polar surface area (TPSA) is 165 Å². The van der Waals surface area contributed by atoms with E-state index in [2.05, 4.69) is 52.0 Å². The van der Waals surface area contributed by atoms with Crippen LogP contribution in [0.5, 0.6) is 0 Å². The summed E-state index contributed by atoms with van der Waals surface area (Å²) < 4.78 is 38.7. The van der Waals surface area contributed by atoms with Gasteiger partial charge in [0.1, 0.15) is 18.1 Å². The molecule has 0 saturated carbocycles. The molecule has 312 valence electrons. The Balaban J connectivity index is 2.38. The maximum Gasteiger partial charge on any atom is 0.472 e. The molecule has 0 amide bonds. The van der Waals surface area contributed by atoms with Crippen molar-refractivity contribution in [2.45, 2.75) is 156 Å². The van der Waals surface area contributed by atoms with E-state index in [0.29, 0.717) is 6.42 Å². The van der Waals surface area contributed by atoms with Gasteiger partial charge in [-0.1, -0.05) is 94.9 Å². The van der Waals surface area contributed by atoms with Crippen molar-refractivity contribution in [1.82, 2.24) is 0 Å². The second-order valence-corrected chi connectivity index (χ2v) is 15.2. The van der Waals surface area contributed by atoms with Crippen molar-refractivity contribution in [3.63, 3.8) is 0 Å². The summed E-state index contributed by atoms with van der Waals surface area (Å²) >= 11 is 0. The van der Waals surface area contributed by atoms with Gasteiger partial charge in [0.05, 0.1) is 13.2 Å². The second-order valence-electron chi connectivity index (χ2n) is 13.8. The normalized spacial score (nSPS) is 13.7. The van der Waals surface area contributed by atoms with Crippen LogP contribution < -0.4 is 5.73 Å². The number of hydrogen-bond donors (Lipinski definition) is 2. The third-order valence-corrected chi connectivity index (χ3v) is 9.85. The quantitative estimate of drug-likeness (QED) is 0.0170. The highest BCUT2D eigenvalue weighted by atomic mass is 31.2. The Labute approximate surface area is 330 Å². The molecule has 1 heterocycles. The van der Waals surface area contributed by atoms with Gasteiger partial charge in [-0.2, -0.15) is 0 Å². The van der Waals surface area contributed by atoms with Crippen LogP contribution in [0.3, 0.4) is 0 Å². The lowest BCUT2D eigenvalue weighted by Gasteiger charge is -2.19. The predicted octanol–water partition coefficient (Wildman–Crippen LogP) is 9.99. The average molecular weight is 792 g/mol. The Morgan fingerprint density at radius 1 is 0.727 bits per heavy atom. The number of carbonyl (C=O) groups excluding carboxylic acids is 3. The molecule has 11 nitrogen and oxygen atoms in total. The Morgan fingerprint density at radius 2 is 1.38 bits per heavy atom. The van der Waals surface area contributed by atoms with Crippen molar-refractivity contribution in [3.05, 3.63) is 71.3 Å². The summed E-state index contributed by atoms with van der Waals surface area (Å²) in [7, 11) is -4.45. The molecule has 0 radical (unpaired) electrons. The molecule has 0 fully saturated rings. The number of rotatable bonds is 34. The zero-order valence-electron chi connectivity index (χ0n) is 34.1. The number of ether oxygens (including phenoxy) is 2. The highest BCUT2D eigenvalue weighted by molar-refractivity contribution is 7.47. The molecule has 1 aromatic heterocycles. The van der Waals surface area contributed by atoms with E-state index >= 15 is 0 Å². The van der Waals surface area contributed by atoms with Crippen LogP contribution in [0, 0.1) is 13.8 Å². The fraction of sp³-hybridized carbons (Fsp3) is 0.651. The molecule has 2 atom stereocenters. The molecule has 12 heteroatoms. The summed E-state index contributed by atoms with van der Waals surface area (Å²) in [4.78, 5) is 47.1. The van der Waals surface area contributed by atoms with Gasteiger partial charge < -0.3 is 24.5 Å². The number of phosphoric acid groups is 1. The summed E-state index contributed by atoms with van der Waals surface area (Å²) in [6.07, 6.45) is 30.2. The molecular formula is C43H70NO10P. The van der Waals surface area contributed by atoms with Crippen LogP contribution in [-0.2, 0) is 50.3 Å². The van der Waals surface area contributed by atoms with Gasteiger partial charge in [0, 0.05) is 38.6 Å². The van der Waals surface area contributed by atoms with Crippen molar-refractivity contribution in [3.8, 4) is 0 Å². The van der Waals surface area contributed by atoms with Crippen LogP contribution in [0.25, 0.3) is 0 Å². The first kappa shape index (κ1) is 49.9. The minimum Gasteiger partial charge on any atom is -0.466 e. The van der Waals surface area contributed by atoms with Gasteiger partial charge in [-0.05, 0) is 82.4 Å². The number of nitrogens with two attached hydrogens (primary N) is 1. The third kappa shape index (κ3) is 26.4. The zero-order chi connectivity index (χ0) is 40.6. The number of phosphoric ester groups is 1. The molecule has 0 aliphatic carbocycles. The van der Waals surface area contributed by atoms with Crippen molar-refractivity contribution in [2.75, 3.05) is 26.4 Å². The lowest BCUT2D eigenvalue weighted by atomic mass is 10.0. The molecule has 0 aliphatic heterocycles. The predicted molar refractivity (Wildman–Crippen MR) is 219 cm³/mol. The second kappa shape index (κ2) is 32.1. The Kier molecular flexibility index (Phi) is 29.1. The number of unbranched alkanes of at least 4 members (excludes halogenated alkanes) is 8. The number of allylic oxidation sites excluding steroid dienone is 8. The maximum absolute atomic E-state index is 12.6. The molecule has 0 bridgehead atoms. The van der Waals surface area contributed by atoms with Crippen molar-refractivity contribution in [1.29, 1.82) is 0 Å². The smallest absolute Gasteiger partial charge is 0.466 e. The van der Waals surface area contributed by atoms with Gasteiger partial charge in [-0.3, -0.25) is 23.4 Å². The number of esters is 2. The van der Waals surface area contributed by atoms with E-state index in [4.69, 9.17) is 28.7 Å². The number of carbonyl (C=O) groups is 3. The number of hydrogen-bond acceptors (Lipinski definition) is 10. The van der Waals surface area contributed by atoms with E-state index in [1.165, 1.54) is 36.5 Å². The van der Waals surface area contributed by atoms with Crippen molar-refractivity contribution >= 4 is 25.5 Å². The molecule has 1 rings (SSSR count). The van der Waals surface area contributed by atoms with Crippen LogP contribution in [0.2, 0.25) is 0 Å². The largest absolute Gasteiger partial charge is 0.472 e. The average Bonchev–Trinajstić information content (AvgIpc) is 3.42. The molecule has 3 N–H and O–H groups in total. The Morgan fingerprint density at radius 3 is 2.09 bits per heavy atom. The SMILES string of the molecule is CCCCC/C=C\C/C=C\C/C=C\C=C\C(=O)CCCC(=O)OC[C@H](COP(=O)(O)OCCN)OC(=O)CCCCCCCCc1oc(CCC)c(C)c1C. The van der Waals surface area contributed by atoms with E-state index in [1.54, 1.807) is 6.08 Å². The third-order valence-electron chi connectivity index (χ3n) is 8.87. The number of ketones is 1. The fourth-order valence-electron chi connectivity index (χ4n) is 5.57. The van der Waals surface area contributed by atoms with Crippen LogP contribution in [0.4, 0.5) is 0 Å². The van der Waals surface area contributed by atoms with Gasteiger partial charge >= 0.3 is 19.8 Å². The molecule has 0 spiro atoms. The van der Waals surface area contributed by atoms with Crippen molar-refractivity contribution in [2.24, 2.45) is 5.73 Å². The minimum absolute atomic E-state index is 0.0112. The molecule has 0 aromatic carbocycles. The Bertz CT molecular complexity index is 1380. The summed E-state index contributed by atoms with van der Waals surface area (Å²) in [6, 6.07) is 0. The van der Waals surface area contributed by atoms with E-state index in [0.717, 1.165) is 82.1 Å². The summed E-state index contributed by atoms with van der Waals surface area (Å²) in [5, 5.41) is 0. The van der Waals surface area contributed by atoms with Gasteiger partial charge in [-0.15, -0.1) is 0 Å². The van der Waals surface area contributed by atoms with Crippen LogP contribution in [0.1, 0.15) is 146 Å². The van der Waals surface area contributed by atoms with Crippen LogP contribution in [0.15, 0.2) is 53.0 Å². The first-order chi connectivity index (χ1) is 26.5. The molecular weight excluding hydrogens is 721 g/mol. The molecule has 0 aliphatic rings. The van der Waals surface area contributed by atoms with Gasteiger partial charge in [0.15, 0.2) is 11.9 Å². The summed E-state index contributed by atoms with van der Waals surface area (Å²) in [6.45, 7) is 7.53. The van der Waals surface area contributed by atoms with Crippen LogP contribution in [-0.4, -0.2) is 55.1 Å². The molecule has 0 saturated heterocycles. The molecule has 55 heavy (non-hydrogen) atoms. The number of furan rings is 1. The minimum atomic E-state index is -4.45. The molecule has 1 aromatic rings. The zero-order valence-corrected chi connectivity index (χ0v) is 35.0. The van der Waals surface area contributed by atoms with Crippen molar-refractivity contribution < 1.29 is 46.8 Å². The standard InChI is InChI=1S/C43H70NO10P/c1-5-7-8-9-10-11-12-13-14-15-16-19-22-27-38(45)28-25-31-42(46)50-34-39(35-52-55(48,49)51-33-32-44)53-43(47)30-24-21-18-17-20-23-29-41-37(4)36(3)40(54-41)26-6-2/h10-11,13-14,16,19,22,27,39H,5-9,12,15,17-18,20-21,23-26,28-35,44H2,1-4H3,(H,48,49)/b11-10-,14-13-,19-16-,27-22+/t39-/m1/s1. The van der Waals surface area contributed by atoms with E-state index in [-0.39, 0.29) is 51.2 Å².